The highest BCUT2D eigenvalue weighted by molar-refractivity contribution is 5.96. The smallest absolute Gasteiger partial charge is 0.344 e. The molecule has 0 saturated heterocycles. The van der Waals surface area contributed by atoms with E-state index in [0.29, 0.717) is 12.8 Å². The number of carbonyl (C=O) groups is 4. The van der Waals surface area contributed by atoms with Gasteiger partial charge in [0, 0.05) is 5.92 Å². The number of ether oxygens (including phenoxy) is 3. The van der Waals surface area contributed by atoms with E-state index in [9.17, 15) is 19.2 Å². The van der Waals surface area contributed by atoms with Gasteiger partial charge in [0.25, 0.3) is 0 Å². The highest BCUT2D eigenvalue weighted by Gasteiger charge is 2.70. The Morgan fingerprint density at radius 2 is 1.52 bits per heavy atom. The predicted molar refractivity (Wildman–Crippen MR) is 182 cm³/mol. The quantitative estimate of drug-likeness (QED) is 0.225. The maximum Gasteiger partial charge on any atom is 0.344 e. The van der Waals surface area contributed by atoms with Crippen LogP contribution < -0.4 is 0 Å². The van der Waals surface area contributed by atoms with Gasteiger partial charge in [0.2, 0.25) is 0 Å². The van der Waals surface area contributed by atoms with Crippen molar-refractivity contribution in [3.05, 3.63) is 47.5 Å². The molecule has 1 aromatic rings. The molecular weight excluding hydrogens is 604 g/mol. The molecule has 0 N–H and O–H groups in total. The molecule has 0 amide bonds. The molecule has 4 fully saturated rings. The lowest BCUT2D eigenvalue weighted by atomic mass is 9.33. The summed E-state index contributed by atoms with van der Waals surface area (Å²) in [7, 11) is 1.29. The summed E-state index contributed by atoms with van der Waals surface area (Å²) in [4.78, 5) is 53.5. The largest absolute Gasteiger partial charge is 0.466 e. The first kappa shape index (κ1) is 34.9. The average Bonchev–Trinajstić information content (AvgIpc) is 3.04. The molecule has 9 atom stereocenters. The molecule has 0 aliphatic heterocycles. The Morgan fingerprint density at radius 1 is 0.833 bits per heavy atom. The summed E-state index contributed by atoms with van der Waals surface area (Å²) < 4.78 is 16.0. The van der Waals surface area contributed by atoms with Crippen LogP contribution in [0, 0.1) is 56.2 Å². The topological polar surface area (TPSA) is 96.0 Å². The van der Waals surface area contributed by atoms with E-state index in [1.807, 2.05) is 36.4 Å². The minimum Gasteiger partial charge on any atom is -0.466 e. The summed E-state index contributed by atoms with van der Waals surface area (Å²) in [5, 5.41) is 0. The molecule has 0 bridgehead atoms. The van der Waals surface area contributed by atoms with Gasteiger partial charge in [0.1, 0.15) is 6.61 Å². The van der Waals surface area contributed by atoms with E-state index >= 15 is 0 Å². The Balaban J connectivity index is 1.28. The van der Waals surface area contributed by atoms with Gasteiger partial charge in [-0.2, -0.15) is 0 Å². The van der Waals surface area contributed by atoms with Crippen molar-refractivity contribution < 1.29 is 33.4 Å². The molecule has 0 radical (unpaired) electrons. The Morgan fingerprint density at radius 3 is 2.21 bits per heavy atom. The zero-order chi connectivity index (χ0) is 34.9. The lowest BCUT2D eigenvalue weighted by Crippen LogP contribution is -2.66. The van der Waals surface area contributed by atoms with E-state index in [-0.39, 0.29) is 76.3 Å². The molecule has 262 valence electrons. The van der Waals surface area contributed by atoms with Gasteiger partial charge in [-0.3, -0.25) is 14.4 Å². The molecule has 7 nitrogen and oxygen atoms in total. The molecule has 6 rings (SSSR count). The third kappa shape index (κ3) is 5.19. The second-order valence-electron chi connectivity index (χ2n) is 17.9. The highest BCUT2D eigenvalue weighted by atomic mass is 16.6. The van der Waals surface area contributed by atoms with Gasteiger partial charge >= 0.3 is 17.9 Å². The van der Waals surface area contributed by atoms with Crippen LogP contribution in [0.1, 0.15) is 112 Å². The van der Waals surface area contributed by atoms with Crippen molar-refractivity contribution in [1.82, 2.24) is 0 Å². The van der Waals surface area contributed by atoms with Crippen LogP contribution in [0.3, 0.4) is 0 Å². The van der Waals surface area contributed by atoms with Crippen molar-refractivity contribution in [3.63, 3.8) is 0 Å². The minimum absolute atomic E-state index is 0.0414. The summed E-state index contributed by atoms with van der Waals surface area (Å²) in [6, 6.07) is 9.85. The van der Waals surface area contributed by atoms with Crippen LogP contribution in [0.15, 0.2) is 42.0 Å². The first-order valence-electron chi connectivity index (χ1n) is 18.2. The molecule has 48 heavy (non-hydrogen) atoms. The molecule has 5 aliphatic rings. The normalized spacial score (nSPS) is 41.3. The number of rotatable bonds is 6. The lowest BCUT2D eigenvalue weighted by Gasteiger charge is -2.70. The molecule has 5 aliphatic carbocycles. The van der Waals surface area contributed by atoms with Gasteiger partial charge in [-0.15, -0.1) is 0 Å². The minimum atomic E-state index is -0.604. The number of esters is 3. The van der Waals surface area contributed by atoms with Gasteiger partial charge in [-0.25, -0.2) is 4.79 Å². The van der Waals surface area contributed by atoms with E-state index in [4.69, 9.17) is 9.47 Å². The maximum absolute atomic E-state index is 14.8. The van der Waals surface area contributed by atoms with Gasteiger partial charge in [0.15, 0.2) is 12.4 Å². The standard InChI is InChI=1S/C41H56O7/c1-36(2)27(34(44)47-25-32(43)46-8)14-16-39(5)31(36)15-17-41(7)33(39)30(42)22-28-29-23-38(4,19-18-37(29,3)20-21-40(28,41)6)35(45)48-24-26-12-10-9-11-13-26/h9-13,22,27,29,31,33H,14-21,23-25H2,1-8H3/t27-,29?,31+,33-,37-,38+,39+,40-,41-/m1/s1. The van der Waals surface area contributed by atoms with Crippen molar-refractivity contribution in [2.45, 2.75) is 113 Å². The van der Waals surface area contributed by atoms with Crippen molar-refractivity contribution in [2.24, 2.45) is 56.2 Å². The number of allylic oxidation sites excluding steroid dienone is 2. The Bertz CT molecular complexity index is 1510. The van der Waals surface area contributed by atoms with E-state index < -0.39 is 16.8 Å². The van der Waals surface area contributed by atoms with Crippen molar-refractivity contribution >= 4 is 23.7 Å². The van der Waals surface area contributed by atoms with Crippen LogP contribution in [-0.4, -0.2) is 37.4 Å². The average molecular weight is 661 g/mol. The molecule has 0 spiro atoms. The summed E-state index contributed by atoms with van der Waals surface area (Å²) in [5.74, 6) is -1.03. The Hall–Kier alpha value is -2.96. The molecule has 7 heteroatoms. The van der Waals surface area contributed by atoms with Gasteiger partial charge in [-0.05, 0) is 115 Å². The summed E-state index contributed by atoms with van der Waals surface area (Å²) in [6.07, 6.45) is 9.81. The number of benzene rings is 1. The van der Waals surface area contributed by atoms with Crippen LogP contribution in [0.25, 0.3) is 0 Å². The van der Waals surface area contributed by atoms with Crippen molar-refractivity contribution in [1.29, 1.82) is 0 Å². The predicted octanol–water partition coefficient (Wildman–Crippen LogP) is 8.04. The third-order valence-corrected chi connectivity index (χ3v) is 15.2. The second kappa shape index (κ2) is 11.8. The summed E-state index contributed by atoms with van der Waals surface area (Å²) >= 11 is 0. The number of methoxy groups -OCH3 is 1. The molecule has 1 aromatic carbocycles. The third-order valence-electron chi connectivity index (χ3n) is 15.2. The van der Waals surface area contributed by atoms with Crippen molar-refractivity contribution in [2.75, 3.05) is 13.7 Å². The molecule has 1 unspecified atom stereocenters. The summed E-state index contributed by atoms with van der Waals surface area (Å²) in [6.45, 7) is 15.8. The molecular formula is C41H56O7. The Labute approximate surface area is 286 Å². The summed E-state index contributed by atoms with van der Waals surface area (Å²) in [5.41, 5.74) is 0.604. The fourth-order valence-electron chi connectivity index (χ4n) is 12.0. The SMILES string of the molecule is COC(=O)COC(=O)[C@H]1CC[C@]2(C)[C@H]3C(=O)C=C4C5C[C@@](C)(C(=O)OCc6ccccc6)CC[C@]5(C)CC[C@@]4(C)[C@]3(C)CC[C@H]2C1(C)C. The fraction of sp³-hybridized carbons (Fsp3) is 0.707. The first-order chi connectivity index (χ1) is 22.4. The molecule has 0 heterocycles. The second-order valence-corrected chi connectivity index (χ2v) is 17.9. The van der Waals surface area contributed by atoms with E-state index in [2.05, 4.69) is 53.2 Å². The van der Waals surface area contributed by atoms with Crippen LogP contribution >= 0.6 is 0 Å². The number of hydrogen-bond donors (Lipinski definition) is 0. The maximum atomic E-state index is 14.8. The van der Waals surface area contributed by atoms with Crippen LogP contribution in [-0.2, 0) is 40.0 Å². The zero-order valence-corrected chi connectivity index (χ0v) is 30.4. The van der Waals surface area contributed by atoms with Crippen LogP contribution in [0.5, 0.6) is 0 Å². The zero-order valence-electron chi connectivity index (χ0n) is 30.4. The van der Waals surface area contributed by atoms with Crippen LogP contribution in [0.4, 0.5) is 0 Å². The van der Waals surface area contributed by atoms with Crippen molar-refractivity contribution in [3.8, 4) is 0 Å². The number of hydrogen-bond acceptors (Lipinski definition) is 7. The van der Waals surface area contributed by atoms with E-state index in [0.717, 1.165) is 50.5 Å². The van der Waals surface area contributed by atoms with Gasteiger partial charge < -0.3 is 14.2 Å². The monoisotopic (exact) mass is 660 g/mol. The fourth-order valence-corrected chi connectivity index (χ4v) is 12.0. The number of carbonyl (C=O) groups excluding carboxylic acids is 4. The number of fused-ring (bicyclic) bond motifs is 7. The van der Waals surface area contributed by atoms with Gasteiger partial charge in [-0.1, -0.05) is 77.4 Å². The van der Waals surface area contributed by atoms with E-state index in [1.54, 1.807) is 0 Å². The first-order valence-corrected chi connectivity index (χ1v) is 18.2. The highest BCUT2D eigenvalue weighted by Crippen LogP contribution is 2.75. The molecule has 4 saturated carbocycles. The van der Waals surface area contributed by atoms with E-state index in [1.165, 1.54) is 12.7 Å². The molecule has 0 aromatic heterocycles. The van der Waals surface area contributed by atoms with Gasteiger partial charge in [0.05, 0.1) is 18.4 Å². The lowest BCUT2D eigenvalue weighted by molar-refractivity contribution is -0.200. The Kier molecular flexibility index (Phi) is 8.60. The van der Waals surface area contributed by atoms with Crippen LogP contribution in [0.2, 0.25) is 0 Å². The number of ketones is 1.